The lowest BCUT2D eigenvalue weighted by molar-refractivity contribution is -0.308. The molecule has 0 saturated carbocycles. The summed E-state index contributed by atoms with van der Waals surface area (Å²) in [6.07, 6.45) is -7.05. The molecule has 1 aliphatic heterocycles. The molecule has 0 aliphatic carbocycles. The number of hydrogen-bond acceptors (Lipinski definition) is 7. The lowest BCUT2D eigenvalue weighted by Gasteiger charge is -2.41. The smallest absolute Gasteiger partial charge is 0.364 e. The topological polar surface area (TPSA) is 148 Å². The summed E-state index contributed by atoms with van der Waals surface area (Å²) in [6, 6.07) is 0. The third-order valence-electron chi connectivity index (χ3n) is 2.45. The van der Waals surface area contributed by atoms with E-state index in [2.05, 4.69) is 4.74 Å². The van der Waals surface area contributed by atoms with Crippen molar-refractivity contribution in [1.29, 1.82) is 0 Å². The summed E-state index contributed by atoms with van der Waals surface area (Å²) in [5, 5.41) is 54.7. The largest absolute Gasteiger partial charge is 0.477 e. The highest BCUT2D eigenvalue weighted by molar-refractivity contribution is 5.75. The van der Waals surface area contributed by atoms with Crippen molar-refractivity contribution in [1.82, 2.24) is 0 Å². The maximum absolute atomic E-state index is 10.7. The van der Waals surface area contributed by atoms with Gasteiger partial charge in [0, 0.05) is 6.42 Å². The van der Waals surface area contributed by atoms with Crippen molar-refractivity contribution in [2.75, 3.05) is 6.61 Å². The number of aliphatic hydroxyl groups excluding tert-OH is 4. The van der Waals surface area contributed by atoms with E-state index in [1.165, 1.54) is 0 Å². The molecule has 2 unspecified atom stereocenters. The molecular formula is C8H14O8. The summed E-state index contributed by atoms with van der Waals surface area (Å²) in [5.41, 5.74) is 0. The van der Waals surface area contributed by atoms with Gasteiger partial charge in [0.2, 0.25) is 0 Å². The number of aliphatic carboxylic acids is 1. The highest BCUT2D eigenvalue weighted by atomic mass is 16.7. The van der Waals surface area contributed by atoms with Crippen LogP contribution in [0, 0.1) is 0 Å². The number of carbonyl (C=O) groups is 1. The zero-order valence-corrected chi connectivity index (χ0v) is 8.22. The fraction of sp³-hybridized carbons (Fsp3) is 0.875. The Morgan fingerprint density at radius 3 is 2.50 bits per heavy atom. The molecule has 0 bridgehead atoms. The molecule has 0 aromatic carbocycles. The van der Waals surface area contributed by atoms with Crippen LogP contribution in [0.25, 0.3) is 0 Å². The standard InChI is InChI=1S/C8H14O8/c9-2-4(11)6-5(12)3(10)1-8(15,16-6)7(13)14/h3-6,9-12,15H,1-2H2,(H,13,14)/t3-,4-,5-,6?,8?/m1/s1. The molecule has 0 spiro atoms. The number of ether oxygens (including phenoxy) is 1. The van der Waals surface area contributed by atoms with E-state index in [4.69, 9.17) is 10.2 Å². The number of carboxylic acid groups (broad SMARTS) is 1. The summed E-state index contributed by atoms with van der Waals surface area (Å²) < 4.78 is 4.61. The molecule has 1 fully saturated rings. The number of carboxylic acids is 1. The van der Waals surface area contributed by atoms with Crippen LogP contribution in [0.2, 0.25) is 0 Å². The van der Waals surface area contributed by atoms with Crippen LogP contribution >= 0.6 is 0 Å². The first-order chi connectivity index (χ1) is 7.31. The van der Waals surface area contributed by atoms with Gasteiger partial charge < -0.3 is 35.4 Å². The molecule has 94 valence electrons. The van der Waals surface area contributed by atoms with Crippen molar-refractivity contribution in [3.8, 4) is 0 Å². The first kappa shape index (κ1) is 13.3. The van der Waals surface area contributed by atoms with E-state index in [0.29, 0.717) is 0 Å². The number of hydrogen-bond donors (Lipinski definition) is 6. The van der Waals surface area contributed by atoms with Gasteiger partial charge in [-0.3, -0.25) is 0 Å². The second-order valence-corrected chi connectivity index (χ2v) is 3.68. The third-order valence-corrected chi connectivity index (χ3v) is 2.45. The SMILES string of the molecule is O=C(O)C1(O)C[C@@H](O)[C@@H](O)C([C@H](O)CO)O1. The average molecular weight is 238 g/mol. The molecule has 1 aliphatic rings. The molecule has 6 N–H and O–H groups in total. The lowest BCUT2D eigenvalue weighted by atomic mass is 9.93. The molecule has 8 heteroatoms. The fourth-order valence-electron chi connectivity index (χ4n) is 1.51. The minimum absolute atomic E-state index is 0.724. The monoisotopic (exact) mass is 238 g/mol. The molecule has 8 nitrogen and oxygen atoms in total. The van der Waals surface area contributed by atoms with Crippen LogP contribution in [0.3, 0.4) is 0 Å². The van der Waals surface area contributed by atoms with Gasteiger partial charge in [0.25, 0.3) is 5.79 Å². The summed E-state index contributed by atoms with van der Waals surface area (Å²) in [5.74, 6) is -4.42. The van der Waals surface area contributed by atoms with E-state index >= 15 is 0 Å². The lowest BCUT2D eigenvalue weighted by Crippen LogP contribution is -2.61. The molecule has 0 amide bonds. The Bertz CT molecular complexity index is 269. The van der Waals surface area contributed by atoms with E-state index in [1.54, 1.807) is 0 Å². The number of rotatable bonds is 3. The van der Waals surface area contributed by atoms with Gasteiger partial charge in [-0.05, 0) is 0 Å². The predicted molar refractivity (Wildman–Crippen MR) is 47.2 cm³/mol. The molecule has 1 heterocycles. The van der Waals surface area contributed by atoms with Crippen LogP contribution in [0.5, 0.6) is 0 Å². The van der Waals surface area contributed by atoms with E-state index in [0.717, 1.165) is 0 Å². The van der Waals surface area contributed by atoms with Crippen LogP contribution in [0.4, 0.5) is 0 Å². The molecule has 5 atom stereocenters. The molecule has 1 rings (SSSR count). The zero-order chi connectivity index (χ0) is 12.5. The number of aliphatic hydroxyl groups is 5. The molecule has 0 aromatic rings. The van der Waals surface area contributed by atoms with Crippen LogP contribution in [-0.2, 0) is 9.53 Å². The van der Waals surface area contributed by atoms with E-state index in [-0.39, 0.29) is 0 Å². The summed E-state index contributed by atoms with van der Waals surface area (Å²) >= 11 is 0. The second-order valence-electron chi connectivity index (χ2n) is 3.68. The van der Waals surface area contributed by atoms with Gasteiger partial charge in [-0.2, -0.15) is 0 Å². The first-order valence-electron chi connectivity index (χ1n) is 4.60. The van der Waals surface area contributed by atoms with Gasteiger partial charge in [-0.25, -0.2) is 4.79 Å². The van der Waals surface area contributed by atoms with E-state index in [1.807, 2.05) is 0 Å². The summed E-state index contributed by atoms with van der Waals surface area (Å²) in [7, 11) is 0. The summed E-state index contributed by atoms with van der Waals surface area (Å²) in [4.78, 5) is 10.7. The molecule has 0 aromatic heterocycles. The van der Waals surface area contributed by atoms with Crippen molar-refractivity contribution in [2.24, 2.45) is 0 Å². The minimum Gasteiger partial charge on any atom is -0.477 e. The minimum atomic E-state index is -2.68. The van der Waals surface area contributed by atoms with Crippen LogP contribution in [-0.4, -0.2) is 73.4 Å². The predicted octanol–water partition coefficient (Wildman–Crippen LogP) is -3.38. The quantitative estimate of drug-likeness (QED) is 0.298. The normalized spacial score (nSPS) is 41.7. The van der Waals surface area contributed by atoms with Crippen LogP contribution in [0.15, 0.2) is 0 Å². The first-order valence-corrected chi connectivity index (χ1v) is 4.60. The van der Waals surface area contributed by atoms with Gasteiger partial charge in [-0.1, -0.05) is 0 Å². The Morgan fingerprint density at radius 1 is 1.50 bits per heavy atom. The Hall–Kier alpha value is -0.770. The summed E-state index contributed by atoms with van der Waals surface area (Å²) in [6.45, 7) is -0.801. The van der Waals surface area contributed by atoms with Crippen LogP contribution < -0.4 is 0 Å². The van der Waals surface area contributed by atoms with Gasteiger partial charge in [0.15, 0.2) is 0 Å². The van der Waals surface area contributed by atoms with Crippen molar-refractivity contribution in [3.05, 3.63) is 0 Å². The average Bonchev–Trinajstić information content (AvgIpc) is 2.22. The van der Waals surface area contributed by atoms with Gasteiger partial charge in [-0.15, -0.1) is 0 Å². The Kier molecular flexibility index (Phi) is 3.84. The van der Waals surface area contributed by atoms with E-state index in [9.17, 15) is 25.2 Å². The van der Waals surface area contributed by atoms with Crippen molar-refractivity contribution in [2.45, 2.75) is 36.6 Å². The molecule has 16 heavy (non-hydrogen) atoms. The maximum atomic E-state index is 10.7. The van der Waals surface area contributed by atoms with Gasteiger partial charge in [0.05, 0.1) is 12.7 Å². The van der Waals surface area contributed by atoms with Crippen molar-refractivity contribution >= 4 is 5.97 Å². The fourth-order valence-corrected chi connectivity index (χ4v) is 1.51. The highest BCUT2D eigenvalue weighted by Crippen LogP contribution is 2.29. The van der Waals surface area contributed by atoms with E-state index < -0.39 is 49.2 Å². The Morgan fingerprint density at radius 2 is 2.06 bits per heavy atom. The Balaban J connectivity index is 2.89. The molecule has 0 radical (unpaired) electrons. The highest BCUT2D eigenvalue weighted by Gasteiger charge is 2.52. The van der Waals surface area contributed by atoms with Crippen LogP contribution in [0.1, 0.15) is 6.42 Å². The van der Waals surface area contributed by atoms with Gasteiger partial charge >= 0.3 is 5.97 Å². The Labute approximate surface area is 90.3 Å². The van der Waals surface area contributed by atoms with Crippen molar-refractivity contribution < 1.29 is 40.2 Å². The molecule has 1 saturated heterocycles. The maximum Gasteiger partial charge on any atom is 0.364 e. The second kappa shape index (κ2) is 4.62. The van der Waals surface area contributed by atoms with Crippen molar-refractivity contribution in [3.63, 3.8) is 0 Å². The zero-order valence-electron chi connectivity index (χ0n) is 8.22. The molecular weight excluding hydrogens is 224 g/mol. The third kappa shape index (κ3) is 2.32. The van der Waals surface area contributed by atoms with Gasteiger partial charge in [0.1, 0.15) is 18.3 Å².